The molecule has 4 aromatic rings. The number of fused-ring (bicyclic) bond motifs is 1. The number of rotatable bonds is 7. The molecule has 0 unspecified atom stereocenters. The maximum Gasteiger partial charge on any atom is 0.251 e. The summed E-state index contributed by atoms with van der Waals surface area (Å²) in [7, 11) is 1.66. The molecule has 3 aromatic carbocycles. The number of carbonyl (C=O) groups excluding carboxylic acids is 1. The van der Waals surface area contributed by atoms with E-state index >= 15 is 0 Å². The predicted molar refractivity (Wildman–Crippen MR) is 118 cm³/mol. The van der Waals surface area contributed by atoms with E-state index in [-0.39, 0.29) is 5.91 Å². The van der Waals surface area contributed by atoms with Crippen molar-refractivity contribution < 1.29 is 9.53 Å². The number of aromatic nitrogens is 1. The van der Waals surface area contributed by atoms with Gasteiger partial charge in [0.15, 0.2) is 0 Å². The number of para-hydroxylation sites is 2. The van der Waals surface area contributed by atoms with Crippen LogP contribution in [0.3, 0.4) is 0 Å². The van der Waals surface area contributed by atoms with Crippen LogP contribution in [0.5, 0.6) is 5.75 Å². The highest BCUT2D eigenvalue weighted by Crippen LogP contribution is 2.24. The number of nitrogens with zero attached hydrogens (tertiary/aromatic N) is 1. The van der Waals surface area contributed by atoms with E-state index in [1.54, 1.807) is 18.4 Å². The Labute approximate surface area is 174 Å². The van der Waals surface area contributed by atoms with Crippen LogP contribution in [0.15, 0.2) is 72.8 Å². The van der Waals surface area contributed by atoms with Crippen LogP contribution in [0.2, 0.25) is 0 Å². The number of nitrogens with one attached hydrogen (secondary N) is 1. The molecule has 1 aromatic heterocycles. The lowest BCUT2D eigenvalue weighted by Crippen LogP contribution is -2.26. The Morgan fingerprint density at radius 1 is 0.966 bits per heavy atom. The summed E-state index contributed by atoms with van der Waals surface area (Å²) in [4.78, 5) is 17.5. The predicted octanol–water partition coefficient (Wildman–Crippen LogP) is 4.87. The number of methoxy groups -OCH3 is 1. The van der Waals surface area contributed by atoms with Crippen LogP contribution >= 0.6 is 11.3 Å². The number of amides is 1. The second-order valence-corrected chi connectivity index (χ2v) is 7.84. The molecule has 0 spiro atoms. The van der Waals surface area contributed by atoms with Crippen molar-refractivity contribution in [3.05, 3.63) is 94.5 Å². The SMILES string of the molecule is COc1ccccc1CCNC(=O)c1ccccc1Cc1nc2ccccc2s1. The van der Waals surface area contributed by atoms with E-state index in [2.05, 4.69) is 11.4 Å². The van der Waals surface area contributed by atoms with E-state index in [9.17, 15) is 4.79 Å². The zero-order valence-electron chi connectivity index (χ0n) is 16.2. The molecule has 0 fully saturated rings. The van der Waals surface area contributed by atoms with Gasteiger partial charge >= 0.3 is 0 Å². The van der Waals surface area contributed by atoms with Crippen LogP contribution in [0.1, 0.15) is 26.5 Å². The summed E-state index contributed by atoms with van der Waals surface area (Å²) >= 11 is 1.68. The van der Waals surface area contributed by atoms with Gasteiger partial charge < -0.3 is 10.1 Å². The van der Waals surface area contributed by atoms with Gasteiger partial charge in [-0.1, -0.05) is 48.5 Å². The lowest BCUT2D eigenvalue weighted by atomic mass is 10.0. The molecule has 0 saturated heterocycles. The third kappa shape index (κ3) is 4.46. The highest BCUT2D eigenvalue weighted by Gasteiger charge is 2.13. The van der Waals surface area contributed by atoms with Gasteiger partial charge in [-0.3, -0.25) is 4.79 Å². The van der Waals surface area contributed by atoms with Crippen molar-refractivity contribution in [2.75, 3.05) is 13.7 Å². The van der Waals surface area contributed by atoms with Crippen molar-refractivity contribution >= 4 is 27.5 Å². The number of benzene rings is 3. The Morgan fingerprint density at radius 3 is 2.52 bits per heavy atom. The number of thiazole rings is 1. The maximum absolute atomic E-state index is 12.8. The van der Waals surface area contributed by atoms with Crippen LogP contribution in [-0.2, 0) is 12.8 Å². The van der Waals surface area contributed by atoms with Crippen molar-refractivity contribution in [1.82, 2.24) is 10.3 Å². The summed E-state index contributed by atoms with van der Waals surface area (Å²) < 4.78 is 6.55. The summed E-state index contributed by atoms with van der Waals surface area (Å²) in [6.07, 6.45) is 1.37. The van der Waals surface area contributed by atoms with Gasteiger partial charge in [0.2, 0.25) is 0 Å². The fourth-order valence-electron chi connectivity index (χ4n) is 3.37. The maximum atomic E-state index is 12.8. The van der Waals surface area contributed by atoms with Crippen LogP contribution in [0.4, 0.5) is 0 Å². The highest BCUT2D eigenvalue weighted by atomic mass is 32.1. The number of hydrogen-bond donors (Lipinski definition) is 1. The first-order valence-electron chi connectivity index (χ1n) is 9.57. The summed E-state index contributed by atoms with van der Waals surface area (Å²) in [6.45, 7) is 0.550. The molecule has 0 atom stereocenters. The van der Waals surface area contributed by atoms with Gasteiger partial charge in [-0.15, -0.1) is 11.3 Å². The van der Waals surface area contributed by atoms with Gasteiger partial charge in [-0.05, 0) is 41.8 Å². The van der Waals surface area contributed by atoms with Crippen LogP contribution in [0, 0.1) is 0 Å². The Hall–Kier alpha value is -3.18. The number of ether oxygens (including phenoxy) is 1. The molecule has 0 radical (unpaired) electrons. The van der Waals surface area contributed by atoms with Crippen molar-refractivity contribution in [3.63, 3.8) is 0 Å². The smallest absolute Gasteiger partial charge is 0.251 e. The van der Waals surface area contributed by atoms with E-state index in [0.29, 0.717) is 18.5 Å². The third-order valence-corrected chi connectivity index (χ3v) is 5.85. The molecule has 0 aliphatic carbocycles. The molecule has 146 valence electrons. The van der Waals surface area contributed by atoms with E-state index in [1.165, 1.54) is 4.70 Å². The van der Waals surface area contributed by atoms with Gasteiger partial charge in [-0.2, -0.15) is 0 Å². The van der Waals surface area contributed by atoms with E-state index < -0.39 is 0 Å². The molecule has 0 aliphatic heterocycles. The van der Waals surface area contributed by atoms with Gasteiger partial charge in [0.05, 0.1) is 22.3 Å². The van der Waals surface area contributed by atoms with Gasteiger partial charge in [0, 0.05) is 18.5 Å². The fraction of sp³-hybridized carbons (Fsp3) is 0.167. The molecule has 0 bridgehead atoms. The van der Waals surface area contributed by atoms with Crippen LogP contribution in [0.25, 0.3) is 10.2 Å². The molecule has 0 aliphatic rings. The standard InChI is InChI=1S/C24H22N2O2S/c1-28-21-12-6-3-8-17(21)14-15-25-24(27)19-10-4-2-9-18(19)16-23-26-20-11-5-7-13-22(20)29-23/h2-13H,14-16H2,1H3,(H,25,27). The summed E-state index contributed by atoms with van der Waals surface area (Å²) in [5.74, 6) is 0.787. The highest BCUT2D eigenvalue weighted by molar-refractivity contribution is 7.18. The minimum Gasteiger partial charge on any atom is -0.496 e. The summed E-state index contributed by atoms with van der Waals surface area (Å²) in [6, 6.07) is 23.7. The summed E-state index contributed by atoms with van der Waals surface area (Å²) in [5, 5.41) is 4.05. The fourth-order valence-corrected chi connectivity index (χ4v) is 4.36. The number of hydrogen-bond acceptors (Lipinski definition) is 4. The molecular formula is C24H22N2O2S. The first-order chi connectivity index (χ1) is 14.2. The molecule has 29 heavy (non-hydrogen) atoms. The van der Waals surface area contributed by atoms with Gasteiger partial charge in [0.25, 0.3) is 5.91 Å². The number of carbonyl (C=O) groups is 1. The van der Waals surface area contributed by atoms with E-state index in [4.69, 9.17) is 9.72 Å². The van der Waals surface area contributed by atoms with Crippen molar-refractivity contribution in [3.8, 4) is 5.75 Å². The van der Waals surface area contributed by atoms with Crippen molar-refractivity contribution in [2.24, 2.45) is 0 Å². The minimum absolute atomic E-state index is 0.0587. The quantitative estimate of drug-likeness (QED) is 0.480. The minimum atomic E-state index is -0.0587. The van der Waals surface area contributed by atoms with Crippen molar-refractivity contribution in [1.29, 1.82) is 0 Å². The topological polar surface area (TPSA) is 51.2 Å². The second kappa shape index (κ2) is 8.88. The Bertz CT molecular complexity index is 1100. The lowest BCUT2D eigenvalue weighted by Gasteiger charge is -2.11. The molecular weight excluding hydrogens is 380 g/mol. The van der Waals surface area contributed by atoms with Gasteiger partial charge in [0.1, 0.15) is 5.75 Å². The Morgan fingerprint density at radius 2 is 1.69 bits per heavy atom. The van der Waals surface area contributed by atoms with Crippen LogP contribution in [-0.4, -0.2) is 24.5 Å². The first-order valence-corrected chi connectivity index (χ1v) is 10.4. The average Bonchev–Trinajstić information content (AvgIpc) is 3.16. The third-order valence-electron chi connectivity index (χ3n) is 4.81. The summed E-state index contributed by atoms with van der Waals surface area (Å²) in [5.41, 5.74) is 3.78. The molecule has 4 nitrogen and oxygen atoms in total. The lowest BCUT2D eigenvalue weighted by molar-refractivity contribution is 0.0953. The Kier molecular flexibility index (Phi) is 5.86. The zero-order chi connectivity index (χ0) is 20.1. The normalized spacial score (nSPS) is 10.8. The van der Waals surface area contributed by atoms with Gasteiger partial charge in [-0.25, -0.2) is 4.98 Å². The molecule has 0 saturated carbocycles. The van der Waals surface area contributed by atoms with E-state index in [0.717, 1.165) is 33.8 Å². The molecule has 1 N–H and O–H groups in total. The first kappa shape index (κ1) is 19.2. The zero-order valence-corrected chi connectivity index (χ0v) is 17.0. The van der Waals surface area contributed by atoms with E-state index in [1.807, 2.05) is 66.7 Å². The largest absolute Gasteiger partial charge is 0.496 e. The monoisotopic (exact) mass is 402 g/mol. The molecule has 1 amide bonds. The van der Waals surface area contributed by atoms with Crippen molar-refractivity contribution in [2.45, 2.75) is 12.8 Å². The van der Waals surface area contributed by atoms with Crippen LogP contribution < -0.4 is 10.1 Å². The molecule has 4 rings (SSSR count). The molecule has 5 heteroatoms. The second-order valence-electron chi connectivity index (χ2n) is 6.73. The Balaban J connectivity index is 1.45. The molecule has 1 heterocycles. The average molecular weight is 403 g/mol.